The Balaban J connectivity index is 1.76. The number of carbonyl (C=O) groups is 9. The van der Waals surface area contributed by atoms with Gasteiger partial charge in [-0.3, -0.25) is 43.0 Å². The summed E-state index contributed by atoms with van der Waals surface area (Å²) < 4.78 is 69.9. The highest BCUT2D eigenvalue weighted by Gasteiger charge is 2.44. The highest BCUT2D eigenvalue weighted by atomic mass is 32.2. The average Bonchev–Trinajstić information content (AvgIpc) is 1.74. The third kappa shape index (κ3) is 27.4. The number of azide groups is 1. The Bertz CT molecular complexity index is 3110. The molecule has 10 amide bonds. The number of nitrogens with zero attached hydrogens (tertiary/aromatic N) is 6. The molecule has 0 radical (unpaired) electrons. The summed E-state index contributed by atoms with van der Waals surface area (Å²) in [6.07, 6.45) is -1.97. The van der Waals surface area contributed by atoms with Gasteiger partial charge in [-0.05, 0) is 79.5 Å². The third-order valence-electron chi connectivity index (χ3n) is 17.3. The summed E-state index contributed by atoms with van der Waals surface area (Å²) in [5.41, 5.74) is 13.8. The predicted octanol–water partition coefficient (Wildman–Crippen LogP) is 4.20. The van der Waals surface area contributed by atoms with Gasteiger partial charge in [-0.2, -0.15) is 8.42 Å². The molecule has 1 aliphatic rings. The fraction of sp³-hybridized carbons (Fsp3) is 0.682. The van der Waals surface area contributed by atoms with Gasteiger partial charge in [0.1, 0.15) is 42.3 Å². The first-order valence-corrected chi connectivity index (χ1v) is 34.8. The number of carbonyl (C=O) groups excluding carboxylic acids is 9. The second-order valence-corrected chi connectivity index (χ2v) is 27.0. The van der Waals surface area contributed by atoms with E-state index in [1.807, 2.05) is 19.9 Å². The van der Waals surface area contributed by atoms with Crippen LogP contribution in [0.4, 0.5) is 15.3 Å². The molecule has 0 unspecified atom stereocenters. The van der Waals surface area contributed by atoms with Gasteiger partial charge in [-0.1, -0.05) is 110 Å². The second kappa shape index (κ2) is 43.0. The minimum absolute atomic E-state index is 0.00581. The number of amides is 10. The lowest BCUT2D eigenvalue weighted by Gasteiger charge is -2.41. The molecule has 1 fully saturated rings. The highest BCUT2D eigenvalue weighted by Crippen LogP contribution is 2.31. The molecule has 10 N–H and O–H groups in total. The van der Waals surface area contributed by atoms with E-state index in [1.54, 1.807) is 91.6 Å². The quantitative estimate of drug-likeness (QED) is 0.0148. The molecule has 1 aliphatic heterocycles. The smallest absolute Gasteiger partial charge is 0.410 e. The number of urea groups is 1. The van der Waals surface area contributed by atoms with Crippen LogP contribution in [-0.4, -0.2) is 228 Å². The normalized spacial score (nSPS) is 16.5. The molecule has 0 bridgehead atoms. The van der Waals surface area contributed by atoms with Gasteiger partial charge < -0.3 is 81.0 Å². The maximum Gasteiger partial charge on any atom is 0.410 e. The maximum absolute atomic E-state index is 14.9. The van der Waals surface area contributed by atoms with E-state index < -0.39 is 154 Å². The van der Waals surface area contributed by atoms with Gasteiger partial charge in [0.15, 0.2) is 0 Å². The van der Waals surface area contributed by atoms with Crippen molar-refractivity contribution in [3.63, 3.8) is 0 Å². The average molecular weight is 1420 g/mol. The van der Waals surface area contributed by atoms with Crippen molar-refractivity contribution in [1.82, 2.24) is 41.3 Å². The summed E-state index contributed by atoms with van der Waals surface area (Å²) in [5.74, 6) is -6.74. The van der Waals surface area contributed by atoms with Crippen LogP contribution < -0.4 is 37.6 Å². The molecule has 12 atom stereocenters. The summed E-state index contributed by atoms with van der Waals surface area (Å²) >= 11 is 0. The Hall–Kier alpha value is -7.75. The van der Waals surface area contributed by atoms with Gasteiger partial charge in [-0.15, -0.1) is 0 Å². The number of anilines is 1. The summed E-state index contributed by atoms with van der Waals surface area (Å²) in [7, 11) is 0.699. The summed E-state index contributed by atoms with van der Waals surface area (Å²) in [5, 5.41) is 30.2. The first kappa shape index (κ1) is 85.5. The van der Waals surface area contributed by atoms with Crippen LogP contribution in [-0.2, 0) is 78.7 Å². The van der Waals surface area contributed by atoms with E-state index in [4.69, 9.17) is 39.7 Å². The summed E-state index contributed by atoms with van der Waals surface area (Å²) in [4.78, 5) is 130. The number of aliphatic hydroxyl groups is 1. The maximum atomic E-state index is 14.9. The minimum atomic E-state index is -5.11. The number of benzene rings is 2. The van der Waals surface area contributed by atoms with Gasteiger partial charge in [0.25, 0.3) is 10.1 Å². The van der Waals surface area contributed by atoms with Gasteiger partial charge >= 0.3 is 12.1 Å². The number of likely N-dealkylation sites (tertiary alicyclic amines) is 1. The molecule has 2 aromatic rings. The van der Waals surface area contributed by atoms with Crippen molar-refractivity contribution in [2.75, 3.05) is 92.9 Å². The number of rotatable bonds is 44. The van der Waals surface area contributed by atoms with Crippen molar-refractivity contribution in [3.05, 3.63) is 70.1 Å². The van der Waals surface area contributed by atoms with Gasteiger partial charge in [0.05, 0.1) is 81.8 Å². The molecule has 0 spiro atoms. The number of methoxy groups -OCH3 is 2. The van der Waals surface area contributed by atoms with Gasteiger partial charge in [0, 0.05) is 64.1 Å². The van der Waals surface area contributed by atoms with Crippen LogP contribution >= 0.6 is 0 Å². The van der Waals surface area contributed by atoms with Crippen molar-refractivity contribution in [3.8, 4) is 0 Å². The highest BCUT2D eigenvalue weighted by molar-refractivity contribution is 7.85. The molecule has 0 aliphatic carbocycles. The lowest BCUT2D eigenvalue weighted by atomic mass is 9.89. The fourth-order valence-electron chi connectivity index (χ4n) is 11.7. The van der Waals surface area contributed by atoms with E-state index in [1.165, 1.54) is 32.2 Å². The van der Waals surface area contributed by atoms with Crippen LogP contribution in [0.25, 0.3) is 10.4 Å². The molecule has 0 saturated carbocycles. The molecule has 2 aromatic carbocycles. The molecular weight excluding hydrogens is 1310 g/mol. The SMILES string of the molecule is CC[C@H](C)[C@@H]([C@@H](CC(=O)N1CCC[C@H]1[C@H](OC)[C@@H](C)C(=O)N[C@H](C)[C@@H](O)c1ccccc1)OC)N(C)C(=O)[C@@H](NC(=O)[C@H](C(C)C)N(C)C(=O)OCc1ccc(NC(=O)[C@H](CCCNC(N)=O)NC(=O)[C@@H](NC(=O)COCCOCCOCCN=[N+]=[N-])C(C)C)cc1S(=O)(=O)O)C(C)C. The first-order valence-electron chi connectivity index (χ1n) is 33.4. The number of likely N-dealkylation sites (N-methyl/N-ethyl adjacent to an activating group) is 2. The zero-order valence-electron chi connectivity index (χ0n) is 59.6. The number of hydrogen-bond acceptors (Lipinski definition) is 19. The summed E-state index contributed by atoms with van der Waals surface area (Å²) in [6.45, 7) is 17.6. The van der Waals surface area contributed by atoms with Crippen LogP contribution in [0.2, 0.25) is 0 Å². The van der Waals surface area contributed by atoms with E-state index in [9.17, 15) is 61.2 Å². The van der Waals surface area contributed by atoms with Crippen LogP contribution in [0.1, 0.15) is 125 Å². The Labute approximate surface area is 581 Å². The lowest BCUT2D eigenvalue weighted by molar-refractivity contribution is -0.148. The molecule has 33 heteroatoms. The van der Waals surface area contributed by atoms with E-state index in [2.05, 4.69) is 41.9 Å². The number of nitrogens with one attached hydrogen (secondary N) is 6. The third-order valence-corrected chi connectivity index (χ3v) is 18.2. The number of primary amides is 1. The van der Waals surface area contributed by atoms with Gasteiger partial charge in [-0.25, -0.2) is 9.59 Å². The molecule has 556 valence electrons. The van der Waals surface area contributed by atoms with Crippen molar-refractivity contribution in [2.24, 2.45) is 40.4 Å². The van der Waals surface area contributed by atoms with E-state index >= 15 is 0 Å². The van der Waals surface area contributed by atoms with Crippen LogP contribution in [0.3, 0.4) is 0 Å². The molecule has 1 saturated heterocycles. The zero-order chi connectivity index (χ0) is 74.3. The topological polar surface area (TPSA) is 440 Å². The van der Waals surface area contributed by atoms with Crippen molar-refractivity contribution in [1.29, 1.82) is 0 Å². The predicted molar refractivity (Wildman–Crippen MR) is 365 cm³/mol. The largest absolute Gasteiger partial charge is 0.444 e. The van der Waals surface area contributed by atoms with E-state index in [0.29, 0.717) is 31.4 Å². The molecule has 0 aromatic heterocycles. The number of ether oxygens (including phenoxy) is 6. The Morgan fingerprint density at radius 1 is 0.778 bits per heavy atom. The number of aliphatic hydroxyl groups excluding tert-OH is 1. The standard InChI is InChI=1S/C66H107N13O19S/c1-15-42(8)57(50(93-13)36-53(81)79-29-20-24-49(79)59(94-14)43(9)60(83)71-44(10)58(82)45-21-17-16-18-22-45)77(11)64(87)55(40(4)5)75-63(86)56(41(6)7)78(12)66(89)98-37-46-25-26-47(35-51(46)99(90,91)92)72-61(84)48(23-19-27-69-65(67)88)73-62(85)54(39(2)3)74-52(80)38-97-34-33-96-32-31-95-30-28-70-76-68/h16-18,21-22,25-26,35,39-44,48-50,54-59,82H,15,19-20,23-24,27-34,36-38H2,1-14H3,(H,71,83)(H,72,84)(H,73,85)(H,74,80)(H,75,86)(H3,67,69,88)(H,90,91,92)/t42-,43+,44+,48-,49-,50+,54-,55-,56-,57-,58+,59+/m0/s1. The van der Waals surface area contributed by atoms with Crippen molar-refractivity contribution < 1.29 is 89.6 Å². The van der Waals surface area contributed by atoms with Crippen LogP contribution in [0.5, 0.6) is 0 Å². The molecule has 1 heterocycles. The van der Waals surface area contributed by atoms with Crippen molar-refractivity contribution in [2.45, 2.75) is 180 Å². The number of hydrogen-bond donors (Lipinski definition) is 9. The zero-order valence-corrected chi connectivity index (χ0v) is 60.4. The van der Waals surface area contributed by atoms with Crippen molar-refractivity contribution >= 4 is 69.3 Å². The first-order chi connectivity index (χ1) is 46.7. The Morgan fingerprint density at radius 2 is 1.41 bits per heavy atom. The summed E-state index contributed by atoms with van der Waals surface area (Å²) in [6, 6.07) is 4.66. The van der Waals surface area contributed by atoms with Gasteiger partial charge in [0.2, 0.25) is 41.4 Å². The van der Waals surface area contributed by atoms with E-state index in [-0.39, 0.29) is 94.4 Å². The molecule has 32 nitrogen and oxygen atoms in total. The van der Waals surface area contributed by atoms with Crippen LogP contribution in [0.15, 0.2) is 58.5 Å². The monoisotopic (exact) mass is 1420 g/mol. The second-order valence-electron chi connectivity index (χ2n) is 25.6. The lowest BCUT2D eigenvalue weighted by Crippen LogP contribution is -2.60. The molecule has 3 rings (SSSR count). The molecule has 99 heavy (non-hydrogen) atoms. The Morgan fingerprint density at radius 3 is 1.99 bits per heavy atom. The van der Waals surface area contributed by atoms with Crippen LogP contribution in [0, 0.1) is 29.6 Å². The molecular formula is C66H107N13O19S. The number of nitrogens with two attached hydrogens (primary N) is 1. The van der Waals surface area contributed by atoms with E-state index in [0.717, 1.165) is 17.0 Å². The minimum Gasteiger partial charge on any atom is -0.444 e. The Kier molecular flexibility index (Phi) is 37.2. The fourth-order valence-corrected chi connectivity index (χ4v) is 12.4.